The van der Waals surface area contributed by atoms with Gasteiger partial charge < -0.3 is 0 Å². The first-order chi connectivity index (χ1) is 17.7. The van der Waals surface area contributed by atoms with E-state index in [9.17, 15) is 0 Å². The lowest BCUT2D eigenvalue weighted by Crippen LogP contribution is -1.90. The van der Waals surface area contributed by atoms with Gasteiger partial charge in [0.05, 0.1) is 5.70 Å². The number of nitrogens with zero attached hydrogens (tertiary/aromatic N) is 1. The first kappa shape index (κ1) is 22.0. The van der Waals surface area contributed by atoms with E-state index in [1.165, 1.54) is 55.6 Å². The van der Waals surface area contributed by atoms with Crippen molar-refractivity contribution in [1.29, 1.82) is 0 Å². The molecule has 0 fully saturated rings. The summed E-state index contributed by atoms with van der Waals surface area (Å²) in [5.41, 5.74) is 14.8. The largest absolute Gasteiger partial charge is 0.264 e. The molecule has 1 heteroatoms. The highest BCUT2D eigenvalue weighted by Crippen LogP contribution is 2.41. The van der Waals surface area contributed by atoms with E-state index >= 15 is 0 Å². The Kier molecular flexibility index (Phi) is 5.67. The summed E-state index contributed by atoms with van der Waals surface area (Å²) < 4.78 is 0. The van der Waals surface area contributed by atoms with E-state index < -0.39 is 0 Å². The van der Waals surface area contributed by atoms with Crippen molar-refractivity contribution in [2.75, 3.05) is 0 Å². The molecular weight excluding hydrogens is 434 g/mol. The highest BCUT2D eigenvalue weighted by molar-refractivity contribution is 5.89. The van der Waals surface area contributed by atoms with Gasteiger partial charge in [0.2, 0.25) is 0 Å². The van der Waals surface area contributed by atoms with Crippen LogP contribution in [0.1, 0.15) is 23.6 Å². The third kappa shape index (κ3) is 3.89. The van der Waals surface area contributed by atoms with Crippen LogP contribution in [-0.4, -0.2) is 6.72 Å². The van der Waals surface area contributed by atoms with E-state index in [4.69, 9.17) is 0 Å². The lowest BCUT2D eigenvalue weighted by molar-refractivity contribution is 1.26. The van der Waals surface area contributed by atoms with Crippen LogP contribution < -0.4 is 0 Å². The van der Waals surface area contributed by atoms with E-state index in [-0.39, 0.29) is 0 Å². The molecule has 0 aliphatic heterocycles. The Morgan fingerprint density at radius 3 is 2.08 bits per heavy atom. The van der Waals surface area contributed by atoms with Gasteiger partial charge in [0, 0.05) is 5.56 Å². The zero-order valence-electron chi connectivity index (χ0n) is 20.4. The standard InChI is InChI=1S/C35H27N/c1-3-35(36-2)30-14-9-13-28(21-30)33-23-26(18-19-32(33)24-10-5-4-6-11-24)25-16-17-29-20-27-12-7-8-15-31(27)34(29)22-25/h3-19,21-23H,2,20H2,1H3/b35-3+. The van der Waals surface area contributed by atoms with Gasteiger partial charge in [-0.1, -0.05) is 103 Å². The van der Waals surface area contributed by atoms with Gasteiger partial charge in [-0.3, -0.25) is 4.99 Å². The Morgan fingerprint density at radius 1 is 0.583 bits per heavy atom. The van der Waals surface area contributed by atoms with Crippen molar-refractivity contribution in [3.05, 3.63) is 138 Å². The highest BCUT2D eigenvalue weighted by atomic mass is 14.7. The number of hydrogen-bond donors (Lipinski definition) is 0. The number of allylic oxidation sites excluding steroid dienone is 1. The summed E-state index contributed by atoms with van der Waals surface area (Å²) in [6, 6.07) is 41.7. The summed E-state index contributed by atoms with van der Waals surface area (Å²) >= 11 is 0. The molecule has 172 valence electrons. The van der Waals surface area contributed by atoms with Gasteiger partial charge in [-0.25, -0.2) is 0 Å². The minimum Gasteiger partial charge on any atom is -0.264 e. The van der Waals surface area contributed by atoms with Crippen LogP contribution in [0.5, 0.6) is 0 Å². The second kappa shape index (κ2) is 9.28. The van der Waals surface area contributed by atoms with Crippen LogP contribution in [0.4, 0.5) is 0 Å². The summed E-state index contributed by atoms with van der Waals surface area (Å²) in [6.45, 7) is 5.75. The van der Waals surface area contributed by atoms with Crippen LogP contribution in [0.3, 0.4) is 0 Å². The molecule has 0 spiro atoms. The van der Waals surface area contributed by atoms with Gasteiger partial charge in [0.25, 0.3) is 0 Å². The molecule has 0 saturated carbocycles. The first-order valence-corrected chi connectivity index (χ1v) is 12.4. The van der Waals surface area contributed by atoms with E-state index in [1.54, 1.807) is 0 Å². The zero-order chi connectivity index (χ0) is 24.5. The molecular formula is C35H27N. The minimum atomic E-state index is 0.895. The Bertz CT molecular complexity index is 1620. The summed E-state index contributed by atoms with van der Waals surface area (Å²) in [4.78, 5) is 4.22. The Balaban J connectivity index is 1.51. The Hall–Kier alpha value is -4.49. The number of benzene rings is 5. The van der Waals surface area contributed by atoms with E-state index in [0.29, 0.717) is 0 Å². The molecule has 0 N–H and O–H groups in total. The third-order valence-electron chi connectivity index (χ3n) is 7.15. The van der Waals surface area contributed by atoms with Gasteiger partial charge in [0.1, 0.15) is 0 Å². The van der Waals surface area contributed by atoms with Crippen LogP contribution >= 0.6 is 0 Å². The van der Waals surface area contributed by atoms with Crippen molar-refractivity contribution >= 4 is 12.4 Å². The summed E-state index contributed by atoms with van der Waals surface area (Å²) in [6.07, 6.45) is 3.02. The molecule has 0 radical (unpaired) electrons. The van der Waals surface area contributed by atoms with Gasteiger partial charge in [-0.15, -0.1) is 0 Å². The monoisotopic (exact) mass is 461 g/mol. The molecule has 5 aromatic carbocycles. The van der Waals surface area contributed by atoms with Gasteiger partial charge in [-0.05, 0) is 93.9 Å². The van der Waals surface area contributed by atoms with Gasteiger partial charge in [0.15, 0.2) is 0 Å². The maximum atomic E-state index is 4.22. The predicted octanol–water partition coefficient (Wildman–Crippen LogP) is 9.32. The lowest BCUT2D eigenvalue weighted by atomic mass is 9.89. The molecule has 1 nitrogen and oxygen atoms in total. The molecule has 5 aromatic rings. The molecule has 0 amide bonds. The van der Waals surface area contributed by atoms with Crippen molar-refractivity contribution in [2.24, 2.45) is 4.99 Å². The molecule has 0 aromatic heterocycles. The van der Waals surface area contributed by atoms with Crippen LogP contribution in [0, 0.1) is 0 Å². The summed E-state index contributed by atoms with van der Waals surface area (Å²) in [7, 11) is 0. The maximum Gasteiger partial charge on any atom is 0.0652 e. The van der Waals surface area contributed by atoms with Gasteiger partial charge in [-0.2, -0.15) is 0 Å². The molecule has 1 aliphatic carbocycles. The SMILES string of the molecule is C=N/C(=C/C)c1cccc(-c2cc(-c3ccc4c(c3)-c3ccccc3C4)ccc2-c2ccccc2)c1. The first-order valence-electron chi connectivity index (χ1n) is 12.4. The molecule has 0 heterocycles. The molecule has 6 rings (SSSR count). The van der Waals surface area contributed by atoms with Crippen molar-refractivity contribution in [1.82, 2.24) is 0 Å². The fraction of sp³-hybridized carbons (Fsp3) is 0.0571. The summed E-state index contributed by atoms with van der Waals surface area (Å²) in [5, 5.41) is 0. The quantitative estimate of drug-likeness (QED) is 0.227. The van der Waals surface area contributed by atoms with Crippen molar-refractivity contribution < 1.29 is 0 Å². The molecule has 1 aliphatic rings. The van der Waals surface area contributed by atoms with Crippen molar-refractivity contribution in [2.45, 2.75) is 13.3 Å². The molecule has 0 saturated heterocycles. The molecule has 0 bridgehead atoms. The minimum absolute atomic E-state index is 0.895. The van der Waals surface area contributed by atoms with Crippen LogP contribution in [0.2, 0.25) is 0 Å². The average Bonchev–Trinajstić information content (AvgIpc) is 3.32. The van der Waals surface area contributed by atoms with E-state index in [2.05, 4.69) is 127 Å². The third-order valence-corrected chi connectivity index (χ3v) is 7.15. The zero-order valence-corrected chi connectivity index (χ0v) is 20.4. The van der Waals surface area contributed by atoms with E-state index in [1.807, 2.05) is 13.0 Å². The predicted molar refractivity (Wildman–Crippen MR) is 154 cm³/mol. The number of fused-ring (bicyclic) bond motifs is 3. The van der Waals surface area contributed by atoms with Crippen LogP contribution in [-0.2, 0) is 6.42 Å². The lowest BCUT2D eigenvalue weighted by Gasteiger charge is -2.15. The van der Waals surface area contributed by atoms with Crippen LogP contribution in [0.25, 0.3) is 50.2 Å². The Morgan fingerprint density at radius 2 is 1.28 bits per heavy atom. The number of aliphatic imine (C=N–C) groups is 1. The van der Waals surface area contributed by atoms with Crippen LogP contribution in [0.15, 0.2) is 126 Å². The second-order valence-electron chi connectivity index (χ2n) is 9.25. The molecule has 36 heavy (non-hydrogen) atoms. The van der Waals surface area contributed by atoms with Crippen molar-refractivity contribution in [3.63, 3.8) is 0 Å². The van der Waals surface area contributed by atoms with Gasteiger partial charge >= 0.3 is 0 Å². The van der Waals surface area contributed by atoms with E-state index in [0.717, 1.165) is 17.7 Å². The second-order valence-corrected chi connectivity index (χ2v) is 9.25. The fourth-order valence-corrected chi connectivity index (χ4v) is 5.33. The Labute approximate surface area is 213 Å². The average molecular weight is 462 g/mol. The topological polar surface area (TPSA) is 12.4 Å². The van der Waals surface area contributed by atoms with Crippen molar-refractivity contribution in [3.8, 4) is 44.5 Å². The fourth-order valence-electron chi connectivity index (χ4n) is 5.33. The summed E-state index contributed by atoms with van der Waals surface area (Å²) in [5.74, 6) is 0. The number of hydrogen-bond acceptors (Lipinski definition) is 1. The normalized spacial score (nSPS) is 12.2. The maximum absolute atomic E-state index is 4.22. The number of rotatable bonds is 5. The molecule has 0 unspecified atom stereocenters. The smallest absolute Gasteiger partial charge is 0.0652 e. The molecule has 0 atom stereocenters. The highest BCUT2D eigenvalue weighted by Gasteiger charge is 2.19.